The Hall–Kier alpha value is -0.890. The van der Waals surface area contributed by atoms with Crippen LogP contribution in [0.15, 0.2) is 18.2 Å². The number of hydrogen-bond acceptors (Lipinski definition) is 4. The Bertz CT molecular complexity index is 439. The van der Waals surface area contributed by atoms with Crippen LogP contribution in [0.4, 0.5) is 11.4 Å². The first-order valence-electron chi connectivity index (χ1n) is 5.50. The van der Waals surface area contributed by atoms with Gasteiger partial charge in [-0.3, -0.25) is 10.1 Å². The van der Waals surface area contributed by atoms with Crippen LogP contribution in [0.25, 0.3) is 0 Å². The van der Waals surface area contributed by atoms with Crippen LogP contribution in [0, 0.1) is 13.7 Å². The van der Waals surface area contributed by atoms with Crippen LogP contribution in [0.5, 0.6) is 0 Å². The molecule has 92 valence electrons. The number of piperazine rings is 1. The highest BCUT2D eigenvalue weighted by atomic mass is 127. The van der Waals surface area contributed by atoms with E-state index < -0.39 is 0 Å². The Kier molecular flexibility index (Phi) is 3.82. The number of anilines is 1. The van der Waals surface area contributed by atoms with Crippen molar-refractivity contribution in [3.05, 3.63) is 31.9 Å². The number of hydrogen-bond donors (Lipinski definition) is 1. The smallest absolute Gasteiger partial charge is 0.293 e. The lowest BCUT2D eigenvalue weighted by atomic mass is 10.2. The van der Waals surface area contributed by atoms with Gasteiger partial charge in [-0.05, 0) is 41.6 Å². The molecule has 0 radical (unpaired) electrons. The minimum absolute atomic E-state index is 0.200. The van der Waals surface area contributed by atoms with Crippen LogP contribution in [0.2, 0.25) is 0 Å². The van der Waals surface area contributed by atoms with E-state index in [2.05, 4.69) is 39.7 Å². The summed E-state index contributed by atoms with van der Waals surface area (Å²) in [6.07, 6.45) is 0. The zero-order chi connectivity index (χ0) is 12.4. The van der Waals surface area contributed by atoms with Crippen molar-refractivity contribution >= 4 is 34.0 Å². The molecule has 1 heterocycles. The largest absolute Gasteiger partial charge is 0.363 e. The Balaban J connectivity index is 2.33. The molecule has 1 N–H and O–H groups in total. The number of nitrogens with one attached hydrogen (secondary N) is 1. The van der Waals surface area contributed by atoms with E-state index in [0.29, 0.717) is 6.04 Å². The summed E-state index contributed by atoms with van der Waals surface area (Å²) in [6, 6.07) is 5.75. The van der Waals surface area contributed by atoms with Crippen molar-refractivity contribution < 1.29 is 4.92 Å². The van der Waals surface area contributed by atoms with Gasteiger partial charge < -0.3 is 10.2 Å². The van der Waals surface area contributed by atoms with Crippen LogP contribution < -0.4 is 10.2 Å². The number of nitro groups is 1. The summed E-state index contributed by atoms with van der Waals surface area (Å²) in [5, 5.41) is 14.4. The molecule has 17 heavy (non-hydrogen) atoms. The molecule has 0 unspecified atom stereocenters. The minimum Gasteiger partial charge on any atom is -0.363 e. The molecule has 0 aromatic heterocycles. The average molecular weight is 347 g/mol. The third-order valence-corrected chi connectivity index (χ3v) is 3.51. The van der Waals surface area contributed by atoms with Gasteiger partial charge in [-0.2, -0.15) is 0 Å². The second kappa shape index (κ2) is 5.18. The average Bonchev–Trinajstić information content (AvgIpc) is 2.28. The molecule has 1 fully saturated rings. The van der Waals surface area contributed by atoms with E-state index in [-0.39, 0.29) is 10.6 Å². The van der Waals surface area contributed by atoms with Gasteiger partial charge in [-0.25, -0.2) is 0 Å². The first kappa shape index (κ1) is 12.6. The highest BCUT2D eigenvalue weighted by Crippen LogP contribution is 2.30. The van der Waals surface area contributed by atoms with Crippen LogP contribution in [0.3, 0.4) is 0 Å². The van der Waals surface area contributed by atoms with Crippen molar-refractivity contribution in [1.82, 2.24) is 5.32 Å². The summed E-state index contributed by atoms with van der Waals surface area (Å²) in [4.78, 5) is 12.8. The van der Waals surface area contributed by atoms with Gasteiger partial charge in [0.15, 0.2) is 0 Å². The van der Waals surface area contributed by atoms with Gasteiger partial charge in [-0.15, -0.1) is 0 Å². The third kappa shape index (κ3) is 2.86. The van der Waals surface area contributed by atoms with Crippen LogP contribution in [0.1, 0.15) is 6.92 Å². The fourth-order valence-electron chi connectivity index (χ4n) is 2.06. The van der Waals surface area contributed by atoms with Gasteiger partial charge in [0.1, 0.15) is 5.69 Å². The number of rotatable bonds is 2. The normalized spacial score (nSPS) is 20.4. The molecule has 1 aliphatic rings. The summed E-state index contributed by atoms with van der Waals surface area (Å²) in [5.74, 6) is 0. The molecule has 1 aromatic carbocycles. The zero-order valence-electron chi connectivity index (χ0n) is 9.52. The van der Waals surface area contributed by atoms with Gasteiger partial charge in [0.05, 0.1) is 4.92 Å². The molecular formula is C11H14IN3O2. The first-order chi connectivity index (χ1) is 8.08. The zero-order valence-corrected chi connectivity index (χ0v) is 11.7. The summed E-state index contributed by atoms with van der Waals surface area (Å²) in [6.45, 7) is 4.57. The van der Waals surface area contributed by atoms with Gasteiger partial charge in [0, 0.05) is 35.3 Å². The van der Waals surface area contributed by atoms with E-state index in [0.717, 1.165) is 28.9 Å². The molecule has 0 saturated carbocycles. The molecular weight excluding hydrogens is 333 g/mol. The van der Waals surface area contributed by atoms with Gasteiger partial charge in [0.2, 0.25) is 0 Å². The lowest BCUT2D eigenvalue weighted by Crippen LogP contribution is -2.49. The Morgan fingerprint density at radius 2 is 2.35 bits per heavy atom. The summed E-state index contributed by atoms with van der Waals surface area (Å²) >= 11 is 2.10. The van der Waals surface area contributed by atoms with Crippen LogP contribution in [-0.2, 0) is 0 Å². The Morgan fingerprint density at radius 3 is 3.00 bits per heavy atom. The molecule has 1 aliphatic heterocycles. The van der Waals surface area contributed by atoms with E-state index in [1.165, 1.54) is 0 Å². The number of nitrogens with zero attached hydrogens (tertiary/aromatic N) is 2. The maximum atomic E-state index is 11.1. The second-order valence-corrected chi connectivity index (χ2v) is 5.44. The van der Waals surface area contributed by atoms with Crippen molar-refractivity contribution in [2.45, 2.75) is 13.0 Å². The van der Waals surface area contributed by atoms with Crippen molar-refractivity contribution in [3.8, 4) is 0 Å². The van der Waals surface area contributed by atoms with Crippen LogP contribution in [-0.4, -0.2) is 30.6 Å². The lowest BCUT2D eigenvalue weighted by Gasteiger charge is -2.33. The van der Waals surface area contributed by atoms with Gasteiger partial charge in [0.25, 0.3) is 5.69 Å². The highest BCUT2D eigenvalue weighted by molar-refractivity contribution is 14.1. The van der Waals surface area contributed by atoms with Crippen molar-refractivity contribution in [2.24, 2.45) is 0 Å². The van der Waals surface area contributed by atoms with Crippen molar-refractivity contribution in [1.29, 1.82) is 0 Å². The lowest BCUT2D eigenvalue weighted by molar-refractivity contribution is -0.384. The SMILES string of the molecule is C[C@H]1CN(c2ccc(I)cc2[N+](=O)[O-])CCN1. The standard InChI is InChI=1S/C11H14IN3O2/c1-8-7-14(5-4-13-8)10-3-2-9(12)6-11(10)15(16)17/h2-3,6,8,13H,4-5,7H2,1H3/t8-/m0/s1. The number of nitro benzene ring substituents is 1. The molecule has 1 atom stereocenters. The molecule has 1 aromatic rings. The molecule has 6 heteroatoms. The van der Waals surface area contributed by atoms with E-state index in [1.807, 2.05) is 12.1 Å². The topological polar surface area (TPSA) is 58.4 Å². The highest BCUT2D eigenvalue weighted by Gasteiger charge is 2.23. The van der Waals surface area contributed by atoms with Crippen LogP contribution >= 0.6 is 22.6 Å². The summed E-state index contributed by atoms with van der Waals surface area (Å²) in [5.41, 5.74) is 0.926. The molecule has 2 rings (SSSR count). The van der Waals surface area contributed by atoms with E-state index in [4.69, 9.17) is 0 Å². The van der Waals surface area contributed by atoms with Crippen molar-refractivity contribution in [3.63, 3.8) is 0 Å². The van der Waals surface area contributed by atoms with Gasteiger partial charge in [-0.1, -0.05) is 0 Å². The summed E-state index contributed by atoms with van der Waals surface area (Å²) in [7, 11) is 0. The molecule has 0 bridgehead atoms. The number of halogens is 1. The van der Waals surface area contributed by atoms with E-state index in [9.17, 15) is 10.1 Å². The number of benzene rings is 1. The molecule has 0 aliphatic carbocycles. The maximum absolute atomic E-state index is 11.1. The summed E-state index contributed by atoms with van der Waals surface area (Å²) < 4.78 is 0.890. The van der Waals surface area contributed by atoms with Gasteiger partial charge >= 0.3 is 0 Å². The quantitative estimate of drug-likeness (QED) is 0.505. The monoisotopic (exact) mass is 347 g/mol. The maximum Gasteiger partial charge on any atom is 0.293 e. The fraction of sp³-hybridized carbons (Fsp3) is 0.455. The van der Waals surface area contributed by atoms with E-state index >= 15 is 0 Å². The minimum atomic E-state index is -0.301. The van der Waals surface area contributed by atoms with E-state index in [1.54, 1.807) is 6.07 Å². The molecule has 5 nitrogen and oxygen atoms in total. The Morgan fingerprint density at radius 1 is 1.59 bits per heavy atom. The third-order valence-electron chi connectivity index (χ3n) is 2.84. The van der Waals surface area contributed by atoms with Crippen molar-refractivity contribution in [2.75, 3.05) is 24.5 Å². The second-order valence-electron chi connectivity index (χ2n) is 4.19. The Labute approximate surface area is 113 Å². The molecule has 0 spiro atoms. The first-order valence-corrected chi connectivity index (χ1v) is 6.58. The predicted octanol–water partition coefficient (Wildman–Crippen LogP) is 2.00. The molecule has 1 saturated heterocycles. The predicted molar refractivity (Wildman–Crippen MR) is 75.5 cm³/mol. The molecule has 0 amide bonds. The fourth-order valence-corrected chi connectivity index (χ4v) is 2.54.